The van der Waals surface area contributed by atoms with E-state index in [1.165, 1.54) is 16.7 Å². The van der Waals surface area contributed by atoms with Gasteiger partial charge in [-0.1, -0.05) is 12.1 Å². The number of Topliss-reactive ketones (excluding diaryl/α,β-unsaturated/α-hetero) is 1. The Morgan fingerprint density at radius 1 is 1.21 bits per heavy atom. The molecular weight excluding hydrogens is 320 g/mol. The number of nitrogens with one attached hydrogen (secondary N) is 1. The van der Waals surface area contributed by atoms with Crippen molar-refractivity contribution >= 4 is 28.7 Å². The molecule has 2 aromatic rings. The van der Waals surface area contributed by atoms with Crippen molar-refractivity contribution in [2.24, 2.45) is 0 Å². The van der Waals surface area contributed by atoms with Gasteiger partial charge in [0.15, 0.2) is 5.78 Å². The summed E-state index contributed by atoms with van der Waals surface area (Å²) in [5.41, 5.74) is 1.26. The van der Waals surface area contributed by atoms with Crippen LogP contribution in [0.15, 0.2) is 36.4 Å². The van der Waals surface area contributed by atoms with Crippen LogP contribution >= 0.6 is 11.3 Å². The largest absolute Gasteiger partial charge is 0.325 e. The van der Waals surface area contributed by atoms with Gasteiger partial charge in [0, 0.05) is 33.6 Å². The maximum absolute atomic E-state index is 12.4. The van der Waals surface area contributed by atoms with Gasteiger partial charge in [0.2, 0.25) is 5.91 Å². The predicted octanol–water partition coefficient (Wildman–Crippen LogP) is 4.11. The average Bonchev–Trinajstić information content (AvgIpc) is 2.92. The number of hydrogen-bond donors (Lipinski definition) is 1. The van der Waals surface area contributed by atoms with Crippen molar-refractivity contribution in [3.63, 3.8) is 0 Å². The quantitative estimate of drug-likeness (QED) is 0.769. The zero-order chi connectivity index (χ0) is 17.7. The molecule has 0 aliphatic heterocycles. The van der Waals surface area contributed by atoms with Crippen molar-refractivity contribution in [1.29, 1.82) is 0 Å². The second-order valence-electron chi connectivity index (χ2n) is 6.20. The third-order valence-corrected chi connectivity index (χ3v) is 4.77. The molecule has 1 aromatic carbocycles. The average molecular weight is 344 g/mol. The normalized spacial score (nSPS) is 11.1. The van der Waals surface area contributed by atoms with Gasteiger partial charge < -0.3 is 5.32 Å². The Morgan fingerprint density at radius 3 is 2.54 bits per heavy atom. The minimum atomic E-state index is -0.0716. The summed E-state index contributed by atoms with van der Waals surface area (Å²) in [5.74, 6) is -0.0827. The minimum Gasteiger partial charge on any atom is -0.325 e. The first-order valence-electron chi connectivity index (χ1n) is 8.05. The van der Waals surface area contributed by atoms with E-state index in [0.717, 1.165) is 6.54 Å². The smallest absolute Gasteiger partial charge is 0.238 e. The van der Waals surface area contributed by atoms with Crippen molar-refractivity contribution in [1.82, 2.24) is 4.90 Å². The summed E-state index contributed by atoms with van der Waals surface area (Å²) in [6.45, 7) is 8.86. The van der Waals surface area contributed by atoms with Gasteiger partial charge in [0.1, 0.15) is 0 Å². The molecule has 24 heavy (non-hydrogen) atoms. The number of anilines is 1. The van der Waals surface area contributed by atoms with Crippen LogP contribution in [0, 0.1) is 6.92 Å². The lowest BCUT2D eigenvalue weighted by Crippen LogP contribution is -2.37. The van der Waals surface area contributed by atoms with Crippen molar-refractivity contribution in [3.8, 4) is 0 Å². The molecule has 0 saturated heterocycles. The summed E-state index contributed by atoms with van der Waals surface area (Å²) in [7, 11) is 0. The monoisotopic (exact) mass is 344 g/mol. The van der Waals surface area contributed by atoms with Gasteiger partial charge in [-0.25, -0.2) is 0 Å². The first-order valence-corrected chi connectivity index (χ1v) is 8.87. The van der Waals surface area contributed by atoms with E-state index in [4.69, 9.17) is 0 Å². The fourth-order valence-corrected chi connectivity index (χ4v) is 3.31. The molecule has 4 nitrogen and oxygen atoms in total. The zero-order valence-electron chi connectivity index (χ0n) is 14.6. The highest BCUT2D eigenvalue weighted by atomic mass is 32.1. The van der Waals surface area contributed by atoms with Crippen LogP contribution in [0.5, 0.6) is 0 Å². The third-order valence-electron chi connectivity index (χ3n) is 3.78. The van der Waals surface area contributed by atoms with Crippen LogP contribution in [0.25, 0.3) is 0 Å². The number of benzene rings is 1. The molecule has 0 aliphatic carbocycles. The molecule has 128 valence electrons. The van der Waals surface area contributed by atoms with Crippen LogP contribution in [0.4, 0.5) is 5.69 Å². The van der Waals surface area contributed by atoms with E-state index >= 15 is 0 Å². The molecule has 5 heteroatoms. The molecule has 0 radical (unpaired) electrons. The van der Waals surface area contributed by atoms with E-state index < -0.39 is 0 Å². The van der Waals surface area contributed by atoms with E-state index in [2.05, 4.69) is 43.1 Å². The van der Waals surface area contributed by atoms with Crippen LogP contribution in [-0.2, 0) is 11.3 Å². The Morgan fingerprint density at radius 2 is 1.96 bits per heavy atom. The first-order chi connectivity index (χ1) is 11.3. The number of ketones is 1. The van der Waals surface area contributed by atoms with Gasteiger partial charge in [-0.15, -0.1) is 11.3 Å². The topological polar surface area (TPSA) is 49.4 Å². The van der Waals surface area contributed by atoms with Gasteiger partial charge in [-0.2, -0.15) is 0 Å². The van der Waals surface area contributed by atoms with E-state index in [0.29, 0.717) is 17.8 Å². The van der Waals surface area contributed by atoms with E-state index in [1.807, 2.05) is 0 Å². The van der Waals surface area contributed by atoms with Crippen LogP contribution < -0.4 is 5.32 Å². The van der Waals surface area contributed by atoms with Crippen molar-refractivity contribution < 1.29 is 9.59 Å². The van der Waals surface area contributed by atoms with Crippen molar-refractivity contribution in [2.45, 2.75) is 40.3 Å². The number of carbonyl (C=O) groups is 2. The summed E-state index contributed by atoms with van der Waals surface area (Å²) in [6.07, 6.45) is 0. The predicted molar refractivity (Wildman–Crippen MR) is 99.7 cm³/mol. The molecule has 1 aromatic heterocycles. The maximum atomic E-state index is 12.4. The molecule has 0 aliphatic rings. The molecule has 0 saturated carbocycles. The van der Waals surface area contributed by atoms with E-state index in [1.54, 1.807) is 35.6 Å². The zero-order valence-corrected chi connectivity index (χ0v) is 15.4. The summed E-state index contributed by atoms with van der Waals surface area (Å²) >= 11 is 1.76. The van der Waals surface area contributed by atoms with Gasteiger partial charge in [0.25, 0.3) is 0 Å². The Labute approximate surface area is 147 Å². The number of aryl methyl sites for hydroxylation is 1. The first kappa shape index (κ1) is 18.4. The van der Waals surface area contributed by atoms with Crippen LogP contribution in [0.3, 0.4) is 0 Å². The van der Waals surface area contributed by atoms with Gasteiger partial charge in [-0.3, -0.25) is 14.5 Å². The van der Waals surface area contributed by atoms with Crippen molar-refractivity contribution in [2.75, 3.05) is 11.9 Å². The van der Waals surface area contributed by atoms with Gasteiger partial charge in [-0.05, 0) is 52.0 Å². The SMILES string of the molecule is CC(=O)c1cccc(NC(=O)CN(Cc2ccc(C)s2)C(C)C)c1. The molecule has 1 heterocycles. The third kappa shape index (κ3) is 5.28. The molecule has 2 rings (SSSR count). The number of nitrogens with zero attached hydrogens (tertiary/aromatic N) is 1. The lowest BCUT2D eigenvalue weighted by atomic mass is 10.1. The van der Waals surface area contributed by atoms with Crippen LogP contribution in [0.2, 0.25) is 0 Å². The standard InChI is InChI=1S/C19H24N2O2S/c1-13(2)21(11-18-9-8-14(3)24-18)12-19(23)20-17-7-5-6-16(10-17)15(4)22/h5-10,13H,11-12H2,1-4H3,(H,20,23). The number of amides is 1. The fraction of sp³-hybridized carbons (Fsp3) is 0.368. The van der Waals surface area contributed by atoms with Crippen LogP contribution in [-0.4, -0.2) is 29.2 Å². The molecule has 1 N–H and O–H groups in total. The van der Waals surface area contributed by atoms with E-state index in [-0.39, 0.29) is 17.7 Å². The highest BCUT2D eigenvalue weighted by Crippen LogP contribution is 2.18. The fourth-order valence-electron chi connectivity index (χ4n) is 2.39. The summed E-state index contributed by atoms with van der Waals surface area (Å²) < 4.78 is 0. The highest BCUT2D eigenvalue weighted by Gasteiger charge is 2.16. The second-order valence-corrected chi connectivity index (χ2v) is 7.57. The maximum Gasteiger partial charge on any atom is 0.238 e. The molecule has 0 atom stereocenters. The lowest BCUT2D eigenvalue weighted by molar-refractivity contribution is -0.117. The summed E-state index contributed by atoms with van der Waals surface area (Å²) in [6, 6.07) is 11.5. The number of thiophene rings is 1. The second kappa shape index (κ2) is 8.22. The Hall–Kier alpha value is -1.98. The Balaban J connectivity index is 2.00. The molecule has 0 bridgehead atoms. The Bertz CT molecular complexity index is 722. The highest BCUT2D eigenvalue weighted by molar-refractivity contribution is 7.11. The lowest BCUT2D eigenvalue weighted by Gasteiger charge is -2.25. The summed E-state index contributed by atoms with van der Waals surface area (Å²) in [5, 5.41) is 2.88. The summed E-state index contributed by atoms with van der Waals surface area (Å²) in [4.78, 5) is 28.5. The Kier molecular flexibility index (Phi) is 6.29. The molecule has 0 spiro atoms. The van der Waals surface area contributed by atoms with Crippen LogP contribution in [0.1, 0.15) is 40.9 Å². The van der Waals surface area contributed by atoms with E-state index in [9.17, 15) is 9.59 Å². The number of carbonyl (C=O) groups excluding carboxylic acids is 2. The molecule has 0 fully saturated rings. The molecular formula is C19H24N2O2S. The number of rotatable bonds is 7. The molecule has 1 amide bonds. The van der Waals surface area contributed by atoms with Gasteiger partial charge in [0.05, 0.1) is 6.54 Å². The van der Waals surface area contributed by atoms with Gasteiger partial charge >= 0.3 is 0 Å². The number of hydrogen-bond acceptors (Lipinski definition) is 4. The minimum absolute atomic E-state index is 0.0111. The van der Waals surface area contributed by atoms with Crippen molar-refractivity contribution in [3.05, 3.63) is 51.7 Å². The molecule has 0 unspecified atom stereocenters.